The minimum Gasteiger partial charge on any atom is -0.488 e. The van der Waals surface area contributed by atoms with Crippen molar-refractivity contribution in [2.45, 2.75) is 31.8 Å². The van der Waals surface area contributed by atoms with E-state index in [0.29, 0.717) is 5.56 Å². The van der Waals surface area contributed by atoms with Crippen molar-refractivity contribution in [3.63, 3.8) is 0 Å². The summed E-state index contributed by atoms with van der Waals surface area (Å²) in [5.74, 6) is 0.548. The quantitative estimate of drug-likeness (QED) is 0.331. The summed E-state index contributed by atoms with van der Waals surface area (Å²) in [4.78, 5) is 15.8. The molecule has 0 N–H and O–H groups in total. The second kappa shape index (κ2) is 9.27. The summed E-state index contributed by atoms with van der Waals surface area (Å²) in [6.07, 6.45) is 2.41. The van der Waals surface area contributed by atoms with E-state index in [1.54, 1.807) is 12.1 Å². The molecule has 2 aliphatic rings. The van der Waals surface area contributed by atoms with Crippen molar-refractivity contribution in [1.82, 2.24) is 0 Å². The van der Waals surface area contributed by atoms with Crippen LogP contribution in [0, 0.1) is 0 Å². The third kappa shape index (κ3) is 4.11. The van der Waals surface area contributed by atoms with Crippen LogP contribution >= 0.6 is 0 Å². The average Bonchev–Trinajstić information content (AvgIpc) is 3.17. The molecule has 0 saturated carbocycles. The van der Waals surface area contributed by atoms with E-state index in [4.69, 9.17) is 4.74 Å². The molecule has 5 rings (SSSR count). The van der Waals surface area contributed by atoms with E-state index in [1.807, 2.05) is 18.2 Å². The molecule has 1 aliphatic heterocycles. The van der Waals surface area contributed by atoms with Crippen LogP contribution < -0.4 is 4.74 Å². The number of rotatable bonds is 4. The largest absolute Gasteiger partial charge is 0.488 e. The molecular formula is C27H27NO4. The third-order valence-corrected chi connectivity index (χ3v) is 6.20. The van der Waals surface area contributed by atoms with E-state index in [2.05, 4.69) is 64.1 Å². The van der Waals surface area contributed by atoms with E-state index in [0.717, 1.165) is 12.4 Å². The van der Waals surface area contributed by atoms with E-state index in [-0.39, 0.29) is 11.1 Å². The first kappa shape index (κ1) is 21.6. The van der Waals surface area contributed by atoms with Crippen LogP contribution in [0.2, 0.25) is 0 Å². The van der Waals surface area contributed by atoms with Crippen molar-refractivity contribution >= 4 is 11.7 Å². The van der Waals surface area contributed by atoms with E-state index >= 15 is 0 Å². The van der Waals surface area contributed by atoms with Crippen molar-refractivity contribution in [3.05, 3.63) is 101 Å². The number of aryl methyl sites for hydroxylation is 1. The number of oxime groups is 1. The van der Waals surface area contributed by atoms with Crippen LogP contribution in [0.15, 0.2) is 78.0 Å². The van der Waals surface area contributed by atoms with Gasteiger partial charge in [-0.05, 0) is 41.7 Å². The van der Waals surface area contributed by atoms with Crippen LogP contribution in [0.5, 0.6) is 5.75 Å². The lowest BCUT2D eigenvalue weighted by atomic mass is 9.77. The Morgan fingerprint density at radius 2 is 1.72 bits per heavy atom. The summed E-state index contributed by atoms with van der Waals surface area (Å²) in [6.45, 7) is 3.15. The number of carbonyl (C=O) groups is 1. The number of fused-ring (bicyclic) bond motifs is 2. The maximum absolute atomic E-state index is 11.3. The van der Waals surface area contributed by atoms with Gasteiger partial charge in [0, 0.05) is 16.5 Å². The second-order valence-electron chi connectivity index (χ2n) is 8.08. The Kier molecular flexibility index (Phi) is 6.26. The zero-order chi connectivity index (χ0) is 22.6. The lowest BCUT2D eigenvalue weighted by Crippen LogP contribution is -2.21. The van der Waals surface area contributed by atoms with Gasteiger partial charge in [-0.15, -0.1) is 0 Å². The molecule has 0 amide bonds. The SMILES string of the molecule is CC1(c2ccc3c(c2)CO3)CCc2ccccc21.CON=C(C(=O)OC)c1ccccc1. The molecule has 32 heavy (non-hydrogen) atoms. The van der Waals surface area contributed by atoms with Gasteiger partial charge in [-0.2, -0.15) is 0 Å². The average molecular weight is 430 g/mol. The molecule has 1 unspecified atom stereocenters. The van der Waals surface area contributed by atoms with Gasteiger partial charge in [0.05, 0.1) is 7.11 Å². The smallest absolute Gasteiger partial charge is 0.360 e. The minimum atomic E-state index is -0.516. The number of ether oxygens (including phenoxy) is 2. The normalized spacial score (nSPS) is 18.2. The predicted molar refractivity (Wildman–Crippen MR) is 124 cm³/mol. The van der Waals surface area contributed by atoms with E-state index in [9.17, 15) is 4.79 Å². The van der Waals surface area contributed by atoms with Gasteiger partial charge in [-0.3, -0.25) is 0 Å². The number of esters is 1. The van der Waals surface area contributed by atoms with Crippen LogP contribution in [-0.2, 0) is 32.8 Å². The maximum Gasteiger partial charge on any atom is 0.360 e. The fraction of sp³-hybridized carbons (Fsp3) is 0.259. The Morgan fingerprint density at radius 1 is 0.969 bits per heavy atom. The highest BCUT2D eigenvalue weighted by molar-refractivity contribution is 6.43. The summed E-state index contributed by atoms with van der Waals surface area (Å²) >= 11 is 0. The Labute approximate surface area is 188 Å². The van der Waals surface area contributed by atoms with Crippen LogP contribution in [0.1, 0.15) is 41.2 Å². The highest BCUT2D eigenvalue weighted by atomic mass is 16.6. The molecule has 0 aromatic heterocycles. The molecule has 5 heteroatoms. The van der Waals surface area contributed by atoms with Gasteiger partial charge in [0.25, 0.3) is 0 Å². The molecule has 1 heterocycles. The van der Waals surface area contributed by atoms with Gasteiger partial charge in [-0.25, -0.2) is 4.79 Å². The van der Waals surface area contributed by atoms with Crippen LogP contribution in [0.4, 0.5) is 0 Å². The molecule has 0 bridgehead atoms. The standard InChI is InChI=1S/C17H16O.C10H11NO3/c1-17(9-8-12-4-2-3-5-15(12)17)14-6-7-16-13(10-14)11-18-16;1-13-10(12)9(11-14-2)8-6-4-3-5-7-8/h2-7,10H,8-9,11H2,1H3;3-7H,1-2H3. The molecule has 3 aromatic carbocycles. The summed E-state index contributed by atoms with van der Waals surface area (Å²) in [6, 6.07) is 24.6. The molecule has 5 nitrogen and oxygen atoms in total. The maximum atomic E-state index is 11.3. The predicted octanol–water partition coefficient (Wildman–Crippen LogP) is 5.04. The molecule has 164 valence electrons. The van der Waals surface area contributed by atoms with E-state index < -0.39 is 5.97 Å². The van der Waals surface area contributed by atoms with E-state index in [1.165, 1.54) is 49.3 Å². The van der Waals surface area contributed by atoms with Gasteiger partial charge in [-0.1, -0.05) is 72.7 Å². The highest BCUT2D eigenvalue weighted by Gasteiger charge is 2.36. The van der Waals surface area contributed by atoms with Crippen molar-refractivity contribution in [3.8, 4) is 5.75 Å². The van der Waals surface area contributed by atoms with Gasteiger partial charge < -0.3 is 14.3 Å². The Morgan fingerprint density at radius 3 is 2.38 bits per heavy atom. The van der Waals surface area contributed by atoms with Crippen molar-refractivity contribution in [2.24, 2.45) is 5.16 Å². The summed E-state index contributed by atoms with van der Waals surface area (Å²) in [7, 11) is 2.68. The zero-order valence-electron chi connectivity index (χ0n) is 18.6. The summed E-state index contributed by atoms with van der Waals surface area (Å²) < 4.78 is 9.97. The lowest BCUT2D eigenvalue weighted by molar-refractivity contribution is -0.132. The second-order valence-corrected chi connectivity index (χ2v) is 8.08. The fourth-order valence-corrected chi connectivity index (χ4v) is 4.34. The highest BCUT2D eigenvalue weighted by Crippen LogP contribution is 2.45. The molecule has 3 aromatic rings. The topological polar surface area (TPSA) is 57.1 Å². The summed E-state index contributed by atoms with van der Waals surface area (Å²) in [5, 5.41) is 3.61. The first-order valence-corrected chi connectivity index (χ1v) is 10.7. The summed E-state index contributed by atoms with van der Waals surface area (Å²) in [5.41, 5.74) is 6.83. The van der Waals surface area contributed by atoms with Crippen molar-refractivity contribution in [1.29, 1.82) is 0 Å². The Balaban J connectivity index is 0.000000159. The Hall–Kier alpha value is -3.60. The van der Waals surface area contributed by atoms with Crippen molar-refractivity contribution in [2.75, 3.05) is 14.2 Å². The van der Waals surface area contributed by atoms with Gasteiger partial charge in [0.15, 0.2) is 5.71 Å². The van der Waals surface area contributed by atoms with Crippen LogP contribution in [0.3, 0.4) is 0 Å². The fourth-order valence-electron chi connectivity index (χ4n) is 4.34. The van der Waals surface area contributed by atoms with Gasteiger partial charge in [0.1, 0.15) is 19.5 Å². The third-order valence-electron chi connectivity index (χ3n) is 6.20. The first-order valence-electron chi connectivity index (χ1n) is 10.7. The number of hydrogen-bond acceptors (Lipinski definition) is 5. The lowest BCUT2D eigenvalue weighted by Gasteiger charge is -2.29. The first-order chi connectivity index (χ1) is 15.6. The number of benzene rings is 3. The number of hydrogen-bond donors (Lipinski definition) is 0. The van der Waals surface area contributed by atoms with Gasteiger partial charge >= 0.3 is 5.97 Å². The van der Waals surface area contributed by atoms with Crippen molar-refractivity contribution < 1.29 is 19.1 Å². The Bertz CT molecular complexity index is 1140. The minimum absolute atomic E-state index is 0.163. The molecule has 0 radical (unpaired) electrons. The molecule has 0 saturated heterocycles. The number of nitrogens with zero attached hydrogens (tertiary/aromatic N) is 1. The van der Waals surface area contributed by atoms with Crippen LogP contribution in [-0.4, -0.2) is 25.9 Å². The monoisotopic (exact) mass is 429 g/mol. The van der Waals surface area contributed by atoms with Gasteiger partial charge in [0.2, 0.25) is 0 Å². The molecule has 1 aliphatic carbocycles. The number of carbonyl (C=O) groups excluding carboxylic acids is 1. The molecular weight excluding hydrogens is 402 g/mol. The molecule has 1 atom stereocenters. The number of methoxy groups -OCH3 is 1. The molecule has 0 fully saturated rings. The zero-order valence-corrected chi connectivity index (χ0v) is 18.6. The molecule has 0 spiro atoms. The van der Waals surface area contributed by atoms with Crippen LogP contribution in [0.25, 0.3) is 0 Å².